The first kappa shape index (κ1) is 21.0. The summed E-state index contributed by atoms with van der Waals surface area (Å²) >= 11 is 1.51. The van der Waals surface area contributed by atoms with Crippen LogP contribution in [0.15, 0.2) is 53.6 Å². The Labute approximate surface area is 185 Å². The number of carbonyl (C=O) groups is 1. The molecule has 0 bridgehead atoms. The Morgan fingerprint density at radius 3 is 2.42 bits per heavy atom. The average molecular weight is 432 g/mol. The van der Waals surface area contributed by atoms with Crippen molar-refractivity contribution < 1.29 is 4.79 Å². The third-order valence-corrected chi connectivity index (χ3v) is 6.74. The molecule has 0 fully saturated rings. The fourth-order valence-corrected chi connectivity index (χ4v) is 4.65. The van der Waals surface area contributed by atoms with E-state index in [0.29, 0.717) is 15.9 Å². The van der Waals surface area contributed by atoms with E-state index in [1.807, 2.05) is 44.2 Å². The highest BCUT2D eigenvalue weighted by molar-refractivity contribution is 7.19. The summed E-state index contributed by atoms with van der Waals surface area (Å²) in [4.78, 5) is 32.6. The standard InChI is InChI=1S/C25H25N3O2S/c1-14-6-10-20(11-7-14)27-23(29)17(4)28-13-26-24-22(25(28)30)21(18(5)31-24)19-9-8-15(2)16(3)12-19/h6-13,17H,1-5H3,(H,27,29). The number of hydrogen-bond donors (Lipinski definition) is 1. The molecular formula is C25H25N3O2S. The van der Waals surface area contributed by atoms with E-state index in [1.165, 1.54) is 33.4 Å². The largest absolute Gasteiger partial charge is 0.324 e. The lowest BCUT2D eigenvalue weighted by molar-refractivity contribution is -0.118. The molecule has 2 aromatic heterocycles. The number of nitrogens with zero attached hydrogens (tertiary/aromatic N) is 2. The summed E-state index contributed by atoms with van der Waals surface area (Å²) in [5, 5.41) is 3.46. The number of amides is 1. The number of carbonyl (C=O) groups excluding carboxylic acids is 1. The third kappa shape index (κ3) is 3.91. The van der Waals surface area contributed by atoms with Crippen LogP contribution in [0.1, 0.15) is 34.5 Å². The zero-order valence-corrected chi connectivity index (χ0v) is 19.1. The van der Waals surface area contributed by atoms with Gasteiger partial charge in [-0.2, -0.15) is 0 Å². The molecule has 2 heterocycles. The first-order valence-electron chi connectivity index (χ1n) is 10.2. The van der Waals surface area contributed by atoms with Crippen LogP contribution < -0.4 is 10.9 Å². The average Bonchev–Trinajstić information content (AvgIpc) is 3.08. The number of benzene rings is 2. The Bertz CT molecular complexity index is 1350. The summed E-state index contributed by atoms with van der Waals surface area (Å²) in [7, 11) is 0. The second-order valence-corrected chi connectivity index (χ2v) is 9.20. The van der Waals surface area contributed by atoms with Crippen LogP contribution in [0.3, 0.4) is 0 Å². The topological polar surface area (TPSA) is 64.0 Å². The Morgan fingerprint density at radius 2 is 1.74 bits per heavy atom. The summed E-state index contributed by atoms with van der Waals surface area (Å²) in [6.45, 7) is 9.85. The van der Waals surface area contributed by atoms with Crippen LogP contribution in [0, 0.1) is 27.7 Å². The number of aromatic nitrogens is 2. The zero-order chi connectivity index (χ0) is 22.3. The number of thiophene rings is 1. The van der Waals surface area contributed by atoms with Crippen LogP contribution in [-0.4, -0.2) is 15.5 Å². The predicted molar refractivity (Wildman–Crippen MR) is 128 cm³/mol. The molecule has 1 amide bonds. The molecule has 0 aliphatic rings. The molecule has 1 atom stereocenters. The van der Waals surface area contributed by atoms with Crippen molar-refractivity contribution in [3.05, 3.63) is 80.7 Å². The molecule has 0 saturated carbocycles. The van der Waals surface area contributed by atoms with Crippen molar-refractivity contribution in [1.29, 1.82) is 0 Å². The maximum absolute atomic E-state index is 13.5. The molecule has 0 saturated heterocycles. The molecule has 5 nitrogen and oxygen atoms in total. The van der Waals surface area contributed by atoms with E-state index in [9.17, 15) is 9.59 Å². The molecule has 158 valence electrons. The van der Waals surface area contributed by atoms with Gasteiger partial charge < -0.3 is 5.32 Å². The van der Waals surface area contributed by atoms with Crippen molar-refractivity contribution >= 4 is 33.1 Å². The number of aryl methyl sites for hydroxylation is 4. The Kier molecular flexibility index (Phi) is 5.50. The van der Waals surface area contributed by atoms with Crippen molar-refractivity contribution in [1.82, 2.24) is 9.55 Å². The van der Waals surface area contributed by atoms with E-state index in [2.05, 4.69) is 36.3 Å². The van der Waals surface area contributed by atoms with Crippen LogP contribution in [0.2, 0.25) is 0 Å². The predicted octanol–water partition coefficient (Wildman–Crippen LogP) is 5.56. The second kappa shape index (κ2) is 8.12. The Morgan fingerprint density at radius 1 is 1.03 bits per heavy atom. The molecule has 0 aliphatic heterocycles. The van der Waals surface area contributed by atoms with Gasteiger partial charge in [0, 0.05) is 16.1 Å². The second-order valence-electron chi connectivity index (χ2n) is 8.00. The molecule has 0 radical (unpaired) electrons. The van der Waals surface area contributed by atoms with Gasteiger partial charge in [0.05, 0.1) is 11.7 Å². The van der Waals surface area contributed by atoms with E-state index in [1.54, 1.807) is 6.92 Å². The summed E-state index contributed by atoms with van der Waals surface area (Å²) < 4.78 is 1.42. The van der Waals surface area contributed by atoms with Gasteiger partial charge in [-0.1, -0.05) is 35.9 Å². The third-order valence-electron chi connectivity index (χ3n) is 5.72. The summed E-state index contributed by atoms with van der Waals surface area (Å²) in [6, 6.07) is 13.1. The van der Waals surface area contributed by atoms with E-state index in [0.717, 1.165) is 21.6 Å². The van der Waals surface area contributed by atoms with E-state index in [-0.39, 0.29) is 11.5 Å². The molecule has 2 aromatic carbocycles. The van der Waals surface area contributed by atoms with E-state index < -0.39 is 6.04 Å². The van der Waals surface area contributed by atoms with Crippen LogP contribution >= 0.6 is 11.3 Å². The van der Waals surface area contributed by atoms with Crippen molar-refractivity contribution in [2.24, 2.45) is 0 Å². The number of fused-ring (bicyclic) bond motifs is 1. The van der Waals surface area contributed by atoms with Crippen molar-refractivity contribution in [3.8, 4) is 11.1 Å². The van der Waals surface area contributed by atoms with Gasteiger partial charge in [-0.25, -0.2) is 4.98 Å². The first-order chi connectivity index (χ1) is 14.8. The van der Waals surface area contributed by atoms with Crippen molar-refractivity contribution in [2.45, 2.75) is 40.7 Å². The maximum Gasteiger partial charge on any atom is 0.263 e. The fraction of sp³-hybridized carbons (Fsp3) is 0.240. The van der Waals surface area contributed by atoms with Crippen molar-refractivity contribution in [3.63, 3.8) is 0 Å². The minimum absolute atomic E-state index is 0.200. The van der Waals surface area contributed by atoms with Crippen LogP contribution in [0.4, 0.5) is 5.69 Å². The van der Waals surface area contributed by atoms with Crippen LogP contribution in [0.5, 0.6) is 0 Å². The molecule has 31 heavy (non-hydrogen) atoms. The summed E-state index contributed by atoms with van der Waals surface area (Å²) in [5.74, 6) is -0.258. The van der Waals surface area contributed by atoms with Crippen molar-refractivity contribution in [2.75, 3.05) is 5.32 Å². The number of hydrogen-bond acceptors (Lipinski definition) is 4. The first-order valence-corrected chi connectivity index (χ1v) is 11.0. The van der Waals surface area contributed by atoms with Gasteiger partial charge in [0.25, 0.3) is 5.56 Å². The number of nitrogens with one attached hydrogen (secondary N) is 1. The van der Waals surface area contributed by atoms with E-state index >= 15 is 0 Å². The summed E-state index contributed by atoms with van der Waals surface area (Å²) in [5.41, 5.74) is 5.90. The smallest absolute Gasteiger partial charge is 0.263 e. The number of rotatable bonds is 4. The van der Waals surface area contributed by atoms with Gasteiger partial charge in [0.1, 0.15) is 10.9 Å². The molecule has 0 spiro atoms. The van der Waals surface area contributed by atoms with Gasteiger partial charge in [0.2, 0.25) is 5.91 Å². The van der Waals surface area contributed by atoms with E-state index in [4.69, 9.17) is 0 Å². The quantitative estimate of drug-likeness (QED) is 0.460. The van der Waals surface area contributed by atoms with Gasteiger partial charge >= 0.3 is 0 Å². The Balaban J connectivity index is 1.76. The van der Waals surface area contributed by atoms with Gasteiger partial charge in [-0.05, 0) is 63.4 Å². The minimum atomic E-state index is -0.696. The molecule has 6 heteroatoms. The summed E-state index contributed by atoms with van der Waals surface area (Å²) in [6.07, 6.45) is 1.48. The highest BCUT2D eigenvalue weighted by Crippen LogP contribution is 2.36. The molecular weight excluding hydrogens is 406 g/mol. The lowest BCUT2D eigenvalue weighted by Gasteiger charge is -2.15. The number of anilines is 1. The van der Waals surface area contributed by atoms with Gasteiger partial charge in [-0.15, -0.1) is 11.3 Å². The molecule has 4 aromatic rings. The van der Waals surface area contributed by atoms with Crippen LogP contribution in [0.25, 0.3) is 21.3 Å². The fourth-order valence-electron chi connectivity index (χ4n) is 3.65. The minimum Gasteiger partial charge on any atom is -0.324 e. The molecule has 4 rings (SSSR count). The Hall–Kier alpha value is -3.25. The zero-order valence-electron chi connectivity index (χ0n) is 18.3. The monoisotopic (exact) mass is 431 g/mol. The lowest BCUT2D eigenvalue weighted by Crippen LogP contribution is -2.31. The molecule has 0 aliphatic carbocycles. The molecule has 1 N–H and O–H groups in total. The maximum atomic E-state index is 13.5. The molecule has 1 unspecified atom stereocenters. The van der Waals surface area contributed by atoms with Crippen LogP contribution in [-0.2, 0) is 4.79 Å². The SMILES string of the molecule is Cc1ccc(NC(=O)C(C)n2cnc3sc(C)c(-c4ccc(C)c(C)c4)c3c2=O)cc1. The highest BCUT2D eigenvalue weighted by atomic mass is 32.1. The highest BCUT2D eigenvalue weighted by Gasteiger charge is 2.22. The lowest BCUT2D eigenvalue weighted by atomic mass is 9.99. The van der Waals surface area contributed by atoms with Gasteiger partial charge in [-0.3, -0.25) is 14.2 Å². The van der Waals surface area contributed by atoms with Gasteiger partial charge in [0.15, 0.2) is 0 Å². The normalized spacial score (nSPS) is 12.2.